The fraction of sp³-hybridized carbons (Fsp3) is 0.375. The van der Waals surface area contributed by atoms with E-state index in [9.17, 15) is 14.4 Å². The number of esters is 1. The first-order chi connectivity index (χ1) is 14.4. The third-order valence-electron chi connectivity index (χ3n) is 5.26. The lowest BCUT2D eigenvalue weighted by atomic mass is 9.90. The molecule has 1 N–H and O–H groups in total. The second-order valence-corrected chi connectivity index (χ2v) is 7.81. The van der Waals surface area contributed by atoms with Crippen molar-refractivity contribution in [2.24, 2.45) is 0 Å². The van der Waals surface area contributed by atoms with E-state index in [1.807, 2.05) is 25.1 Å². The number of nitrogens with one attached hydrogen (secondary N) is 1. The van der Waals surface area contributed by atoms with Crippen molar-refractivity contribution in [3.8, 4) is 0 Å². The molecule has 0 radical (unpaired) electrons. The number of likely N-dealkylation sites (N-methyl/N-ethyl adjacent to an activating group) is 1. The predicted octanol–water partition coefficient (Wildman–Crippen LogP) is 3.06. The minimum Gasteiger partial charge on any atom is -0.455 e. The van der Waals surface area contributed by atoms with Crippen molar-refractivity contribution in [1.29, 1.82) is 0 Å². The smallest absolute Gasteiger partial charge is 0.310 e. The molecule has 30 heavy (non-hydrogen) atoms. The van der Waals surface area contributed by atoms with Crippen molar-refractivity contribution in [2.45, 2.75) is 39.0 Å². The highest BCUT2D eigenvalue weighted by Crippen LogP contribution is 2.22. The van der Waals surface area contributed by atoms with E-state index < -0.39 is 11.9 Å². The molecule has 2 aromatic carbocycles. The zero-order valence-corrected chi connectivity index (χ0v) is 17.6. The molecule has 0 saturated carbocycles. The lowest BCUT2D eigenvalue weighted by Gasteiger charge is -2.17. The number of ether oxygens (including phenoxy) is 1. The topological polar surface area (TPSA) is 75.7 Å². The van der Waals surface area contributed by atoms with Gasteiger partial charge < -0.3 is 15.0 Å². The van der Waals surface area contributed by atoms with Gasteiger partial charge in [-0.25, -0.2) is 0 Å². The Labute approximate surface area is 177 Å². The van der Waals surface area contributed by atoms with E-state index in [4.69, 9.17) is 4.74 Å². The molecule has 0 saturated heterocycles. The van der Waals surface area contributed by atoms with Crippen LogP contribution in [0.3, 0.4) is 0 Å². The average molecular weight is 408 g/mol. The fourth-order valence-corrected chi connectivity index (χ4v) is 3.51. The number of carbonyl (C=O) groups is 3. The normalized spacial score (nSPS) is 12.6. The van der Waals surface area contributed by atoms with E-state index in [1.165, 1.54) is 35.9 Å². The number of benzene rings is 2. The van der Waals surface area contributed by atoms with Crippen molar-refractivity contribution in [3.05, 3.63) is 64.7 Å². The summed E-state index contributed by atoms with van der Waals surface area (Å²) in [6.07, 6.45) is 4.68. The Hall–Kier alpha value is -3.15. The van der Waals surface area contributed by atoms with Crippen LogP contribution in [0.5, 0.6) is 0 Å². The SMILES string of the molecule is Cc1ccc(NC(=O)CN(C)C(=O)COC(=O)Cc2ccc3c(c2)CCCC3)cc1. The molecule has 3 rings (SSSR count). The molecule has 0 atom stereocenters. The third kappa shape index (κ3) is 6.17. The van der Waals surface area contributed by atoms with E-state index in [2.05, 4.69) is 17.4 Å². The van der Waals surface area contributed by atoms with E-state index in [0.29, 0.717) is 5.69 Å². The molecule has 2 amide bonds. The van der Waals surface area contributed by atoms with Crippen molar-refractivity contribution < 1.29 is 19.1 Å². The highest BCUT2D eigenvalue weighted by atomic mass is 16.5. The summed E-state index contributed by atoms with van der Waals surface area (Å²) in [7, 11) is 1.51. The van der Waals surface area contributed by atoms with Crippen LogP contribution in [-0.2, 0) is 38.4 Å². The Morgan fingerprint density at radius 3 is 2.43 bits per heavy atom. The Bertz CT molecular complexity index is 921. The summed E-state index contributed by atoms with van der Waals surface area (Å²) >= 11 is 0. The third-order valence-corrected chi connectivity index (χ3v) is 5.26. The van der Waals surface area contributed by atoms with Crippen LogP contribution in [0.4, 0.5) is 5.69 Å². The Kier molecular flexibility index (Phi) is 7.22. The molecule has 158 valence electrons. The molecule has 1 aliphatic rings. The van der Waals surface area contributed by atoms with Gasteiger partial charge in [-0.05, 0) is 61.4 Å². The number of carbonyl (C=O) groups excluding carboxylic acids is 3. The maximum atomic E-state index is 12.2. The molecule has 2 aromatic rings. The standard InChI is InChI=1S/C24H28N2O4/c1-17-7-11-21(12-8-17)25-22(27)15-26(2)23(28)16-30-24(29)14-18-9-10-19-5-3-4-6-20(19)13-18/h7-13H,3-6,14-16H2,1-2H3,(H,25,27). The number of fused-ring (bicyclic) bond motifs is 1. The molecule has 1 aliphatic carbocycles. The van der Waals surface area contributed by atoms with Gasteiger partial charge in [0.15, 0.2) is 6.61 Å². The van der Waals surface area contributed by atoms with Crippen LogP contribution in [0.2, 0.25) is 0 Å². The fourth-order valence-electron chi connectivity index (χ4n) is 3.51. The van der Waals surface area contributed by atoms with Gasteiger partial charge >= 0.3 is 5.97 Å². The highest BCUT2D eigenvalue weighted by Gasteiger charge is 2.16. The lowest BCUT2D eigenvalue weighted by molar-refractivity contribution is -0.151. The highest BCUT2D eigenvalue weighted by molar-refractivity contribution is 5.94. The molecule has 6 nitrogen and oxygen atoms in total. The maximum absolute atomic E-state index is 12.2. The van der Waals surface area contributed by atoms with Gasteiger partial charge in [-0.2, -0.15) is 0 Å². The van der Waals surface area contributed by atoms with E-state index in [-0.39, 0.29) is 25.5 Å². The van der Waals surface area contributed by atoms with Gasteiger partial charge in [0, 0.05) is 12.7 Å². The minimum atomic E-state index is -0.448. The Balaban J connectivity index is 1.42. The summed E-state index contributed by atoms with van der Waals surface area (Å²) in [5.74, 6) is -1.18. The quantitative estimate of drug-likeness (QED) is 0.715. The van der Waals surface area contributed by atoms with Crippen LogP contribution in [0.1, 0.15) is 35.1 Å². The average Bonchev–Trinajstić information content (AvgIpc) is 2.73. The monoisotopic (exact) mass is 408 g/mol. The van der Waals surface area contributed by atoms with Gasteiger partial charge in [0.1, 0.15) is 0 Å². The molecule has 0 aromatic heterocycles. The molecule has 0 unspecified atom stereocenters. The number of hydrogen-bond donors (Lipinski definition) is 1. The summed E-state index contributed by atoms with van der Waals surface area (Å²) < 4.78 is 5.12. The number of nitrogens with zero attached hydrogens (tertiary/aromatic N) is 1. The van der Waals surface area contributed by atoms with Crippen LogP contribution < -0.4 is 5.32 Å². The van der Waals surface area contributed by atoms with Crippen LogP contribution in [-0.4, -0.2) is 42.9 Å². The molecule has 0 bridgehead atoms. The van der Waals surface area contributed by atoms with Crippen LogP contribution in [0, 0.1) is 6.92 Å². The first-order valence-electron chi connectivity index (χ1n) is 10.3. The van der Waals surface area contributed by atoms with E-state index in [1.54, 1.807) is 12.1 Å². The number of amides is 2. The van der Waals surface area contributed by atoms with Crippen molar-refractivity contribution in [3.63, 3.8) is 0 Å². The second-order valence-electron chi connectivity index (χ2n) is 7.81. The minimum absolute atomic E-state index is 0.116. The molecule has 0 spiro atoms. The van der Waals surface area contributed by atoms with Gasteiger partial charge in [-0.3, -0.25) is 14.4 Å². The molecule has 6 heteroatoms. The summed E-state index contributed by atoms with van der Waals surface area (Å²) in [4.78, 5) is 37.7. The summed E-state index contributed by atoms with van der Waals surface area (Å²) in [6, 6.07) is 13.5. The van der Waals surface area contributed by atoms with Gasteiger partial charge in [0.05, 0.1) is 13.0 Å². The zero-order valence-electron chi connectivity index (χ0n) is 17.6. The molecule has 0 fully saturated rings. The Morgan fingerprint density at radius 1 is 1.00 bits per heavy atom. The van der Waals surface area contributed by atoms with Crippen molar-refractivity contribution in [2.75, 3.05) is 25.5 Å². The van der Waals surface area contributed by atoms with Crippen LogP contribution in [0.15, 0.2) is 42.5 Å². The summed E-state index contributed by atoms with van der Waals surface area (Å²) in [6.45, 7) is 1.47. The zero-order chi connectivity index (χ0) is 21.5. The van der Waals surface area contributed by atoms with Gasteiger partial charge in [-0.1, -0.05) is 35.9 Å². The molecule has 0 heterocycles. The van der Waals surface area contributed by atoms with Crippen LogP contribution in [0.25, 0.3) is 0 Å². The first-order valence-corrected chi connectivity index (χ1v) is 10.3. The molecule has 0 aliphatic heterocycles. The molecular formula is C24H28N2O4. The number of hydrogen-bond acceptors (Lipinski definition) is 4. The summed E-state index contributed by atoms with van der Waals surface area (Å²) in [5.41, 5.74) is 5.33. The van der Waals surface area contributed by atoms with Gasteiger partial charge in [-0.15, -0.1) is 0 Å². The number of anilines is 1. The molecular weight excluding hydrogens is 380 g/mol. The first kappa shape index (κ1) is 21.6. The summed E-state index contributed by atoms with van der Waals surface area (Å²) in [5, 5.41) is 2.74. The van der Waals surface area contributed by atoms with Crippen molar-refractivity contribution >= 4 is 23.5 Å². The van der Waals surface area contributed by atoms with Gasteiger partial charge in [0.2, 0.25) is 5.91 Å². The lowest BCUT2D eigenvalue weighted by Crippen LogP contribution is -2.37. The number of rotatable bonds is 7. The van der Waals surface area contributed by atoms with Crippen molar-refractivity contribution in [1.82, 2.24) is 4.90 Å². The van der Waals surface area contributed by atoms with E-state index >= 15 is 0 Å². The second kappa shape index (κ2) is 10.1. The Morgan fingerprint density at radius 2 is 1.70 bits per heavy atom. The van der Waals surface area contributed by atoms with Crippen LogP contribution >= 0.6 is 0 Å². The van der Waals surface area contributed by atoms with E-state index in [0.717, 1.165) is 24.0 Å². The largest absolute Gasteiger partial charge is 0.455 e. The predicted molar refractivity (Wildman–Crippen MR) is 115 cm³/mol. The number of aryl methyl sites for hydroxylation is 3. The van der Waals surface area contributed by atoms with Gasteiger partial charge in [0.25, 0.3) is 5.91 Å². The maximum Gasteiger partial charge on any atom is 0.310 e.